The van der Waals surface area contributed by atoms with Crippen LogP contribution >= 0.6 is 11.3 Å². The van der Waals surface area contributed by atoms with E-state index in [1.54, 1.807) is 31.2 Å². The summed E-state index contributed by atoms with van der Waals surface area (Å²) in [6.07, 6.45) is 0.754. The van der Waals surface area contributed by atoms with E-state index >= 15 is 0 Å². The number of anilines is 1. The molecular weight excluding hydrogens is 425 g/mol. The summed E-state index contributed by atoms with van der Waals surface area (Å²) in [4.78, 5) is 18.5. The second-order valence-corrected chi connectivity index (χ2v) is 9.77. The Hall–Kier alpha value is -3.04. The quantitative estimate of drug-likeness (QED) is 0.500. The van der Waals surface area contributed by atoms with Crippen molar-refractivity contribution in [3.63, 3.8) is 0 Å². The molecule has 0 amide bonds. The third-order valence-corrected chi connectivity index (χ3v) is 7.73. The van der Waals surface area contributed by atoms with E-state index in [0.29, 0.717) is 17.0 Å². The average Bonchev–Trinajstić information content (AvgIpc) is 3.20. The lowest BCUT2D eigenvalue weighted by Gasteiger charge is -2.12. The van der Waals surface area contributed by atoms with Crippen LogP contribution in [0.25, 0.3) is 16.6 Å². The number of benzene rings is 2. The van der Waals surface area contributed by atoms with Crippen molar-refractivity contribution in [2.75, 3.05) is 4.72 Å². The molecule has 4 rings (SSSR count). The monoisotopic (exact) mass is 443 g/mol. The molecule has 1 N–H and O–H groups in total. The van der Waals surface area contributed by atoms with E-state index in [2.05, 4.69) is 9.71 Å². The van der Waals surface area contributed by atoms with Gasteiger partial charge in [0, 0.05) is 10.6 Å². The van der Waals surface area contributed by atoms with E-state index in [1.165, 1.54) is 46.2 Å². The third-order valence-electron chi connectivity index (χ3n) is 4.62. The molecule has 154 valence electrons. The fourth-order valence-corrected chi connectivity index (χ4v) is 5.50. The number of halogens is 1. The van der Waals surface area contributed by atoms with Crippen LogP contribution in [0.3, 0.4) is 0 Å². The van der Waals surface area contributed by atoms with Gasteiger partial charge in [0.25, 0.3) is 15.6 Å². The first-order valence-electron chi connectivity index (χ1n) is 9.19. The van der Waals surface area contributed by atoms with Gasteiger partial charge in [-0.05, 0) is 67.9 Å². The fourth-order valence-electron chi connectivity index (χ4n) is 3.15. The van der Waals surface area contributed by atoms with Crippen LogP contribution < -0.4 is 10.3 Å². The van der Waals surface area contributed by atoms with Gasteiger partial charge in [-0.1, -0.05) is 6.92 Å². The summed E-state index contributed by atoms with van der Waals surface area (Å²) >= 11 is 1.21. The van der Waals surface area contributed by atoms with E-state index in [9.17, 15) is 17.6 Å². The normalized spacial score (nSPS) is 11.7. The molecule has 30 heavy (non-hydrogen) atoms. The van der Waals surface area contributed by atoms with Crippen molar-refractivity contribution in [1.29, 1.82) is 0 Å². The van der Waals surface area contributed by atoms with Gasteiger partial charge >= 0.3 is 0 Å². The number of aromatic nitrogens is 2. The SMILES string of the molecule is CCc1ccc(S(=O)(=O)Nc2ccc3nc(C)n(-c4ccc(F)cc4)c(=O)c3c2)s1. The van der Waals surface area contributed by atoms with Crippen LogP contribution in [0.15, 0.2) is 63.6 Å². The molecule has 6 nitrogen and oxygen atoms in total. The van der Waals surface area contributed by atoms with Gasteiger partial charge in [-0.25, -0.2) is 17.8 Å². The highest BCUT2D eigenvalue weighted by atomic mass is 32.2. The van der Waals surface area contributed by atoms with E-state index in [1.807, 2.05) is 6.92 Å². The van der Waals surface area contributed by atoms with Crippen LogP contribution in [0.2, 0.25) is 0 Å². The molecule has 9 heteroatoms. The van der Waals surface area contributed by atoms with Crippen molar-refractivity contribution in [2.45, 2.75) is 24.5 Å². The van der Waals surface area contributed by atoms with Crippen molar-refractivity contribution >= 4 is 38.0 Å². The molecule has 4 aromatic rings. The Morgan fingerprint density at radius 3 is 2.50 bits per heavy atom. The standard InChI is InChI=1S/C21H18FN3O3S2/c1-3-17-9-11-20(29-17)30(27,28)24-15-6-10-19-18(12-15)21(26)25(13(2)23-19)16-7-4-14(22)5-8-16/h4-12,24H,3H2,1-2H3. The van der Waals surface area contributed by atoms with Crippen molar-refractivity contribution in [3.8, 4) is 5.69 Å². The molecule has 2 aromatic heterocycles. The second kappa shape index (κ2) is 7.66. The summed E-state index contributed by atoms with van der Waals surface area (Å²) < 4.78 is 42.8. The summed E-state index contributed by atoms with van der Waals surface area (Å²) in [6.45, 7) is 3.64. The number of sulfonamides is 1. The molecule has 2 aromatic carbocycles. The molecule has 0 saturated carbocycles. The minimum atomic E-state index is -3.76. The first kappa shape index (κ1) is 20.2. The Bertz CT molecular complexity index is 1410. The fraction of sp³-hybridized carbons (Fsp3) is 0.143. The number of rotatable bonds is 5. The zero-order valence-electron chi connectivity index (χ0n) is 16.2. The van der Waals surface area contributed by atoms with E-state index in [0.717, 1.165) is 11.3 Å². The summed E-state index contributed by atoms with van der Waals surface area (Å²) in [5.74, 6) is 0.0350. The average molecular weight is 444 g/mol. The molecule has 2 heterocycles. The number of nitrogens with one attached hydrogen (secondary N) is 1. The number of aryl methyl sites for hydroxylation is 2. The summed E-state index contributed by atoms with van der Waals surface area (Å²) in [7, 11) is -3.76. The zero-order chi connectivity index (χ0) is 21.5. The van der Waals surface area contributed by atoms with Crippen LogP contribution in [0.4, 0.5) is 10.1 Å². The Kier molecular flexibility index (Phi) is 5.17. The van der Waals surface area contributed by atoms with Crippen molar-refractivity contribution in [3.05, 3.63) is 81.5 Å². The summed E-state index contributed by atoms with van der Waals surface area (Å²) in [5, 5.41) is 0.255. The van der Waals surface area contributed by atoms with Gasteiger partial charge in [-0.2, -0.15) is 0 Å². The minimum Gasteiger partial charge on any atom is -0.279 e. The highest BCUT2D eigenvalue weighted by Gasteiger charge is 2.18. The molecule has 0 aliphatic rings. The lowest BCUT2D eigenvalue weighted by atomic mass is 10.2. The molecular formula is C21H18FN3O3S2. The van der Waals surface area contributed by atoms with Gasteiger partial charge in [0.2, 0.25) is 0 Å². The van der Waals surface area contributed by atoms with Gasteiger partial charge in [0.05, 0.1) is 16.6 Å². The lowest BCUT2D eigenvalue weighted by Crippen LogP contribution is -2.22. The molecule has 0 aliphatic carbocycles. The maximum Gasteiger partial charge on any atom is 0.271 e. The third kappa shape index (κ3) is 3.73. The number of fused-ring (bicyclic) bond motifs is 1. The van der Waals surface area contributed by atoms with E-state index in [4.69, 9.17) is 0 Å². The summed E-state index contributed by atoms with van der Waals surface area (Å²) in [5.41, 5.74) is 0.824. The van der Waals surface area contributed by atoms with E-state index < -0.39 is 15.8 Å². The van der Waals surface area contributed by atoms with Gasteiger partial charge in [0.1, 0.15) is 15.9 Å². The predicted octanol–water partition coefficient (Wildman–Crippen LogP) is 4.26. The van der Waals surface area contributed by atoms with Crippen LogP contribution in [0.5, 0.6) is 0 Å². The maximum atomic E-state index is 13.3. The Balaban J connectivity index is 1.78. The van der Waals surface area contributed by atoms with Crippen molar-refractivity contribution in [2.24, 2.45) is 0 Å². The van der Waals surface area contributed by atoms with Crippen molar-refractivity contribution in [1.82, 2.24) is 9.55 Å². The lowest BCUT2D eigenvalue weighted by molar-refractivity contribution is 0.603. The molecule has 0 fully saturated rings. The number of nitrogens with zero attached hydrogens (tertiary/aromatic N) is 2. The maximum absolute atomic E-state index is 13.3. The van der Waals surface area contributed by atoms with Crippen LogP contribution in [0, 0.1) is 12.7 Å². The van der Waals surface area contributed by atoms with Crippen LogP contribution in [-0.4, -0.2) is 18.0 Å². The van der Waals surface area contributed by atoms with Crippen LogP contribution in [-0.2, 0) is 16.4 Å². The Morgan fingerprint density at radius 1 is 1.10 bits per heavy atom. The molecule has 0 aliphatic heterocycles. The highest BCUT2D eigenvalue weighted by Crippen LogP contribution is 2.25. The Labute approximate surface area is 176 Å². The predicted molar refractivity (Wildman–Crippen MR) is 117 cm³/mol. The molecule has 0 saturated heterocycles. The Morgan fingerprint density at radius 2 is 1.83 bits per heavy atom. The van der Waals surface area contributed by atoms with E-state index in [-0.39, 0.29) is 20.8 Å². The highest BCUT2D eigenvalue weighted by molar-refractivity contribution is 7.94. The molecule has 0 unspecified atom stereocenters. The number of hydrogen-bond acceptors (Lipinski definition) is 5. The molecule has 0 bridgehead atoms. The summed E-state index contributed by atoms with van der Waals surface area (Å²) in [6, 6.07) is 13.5. The molecule has 0 atom stereocenters. The van der Waals surface area contributed by atoms with Gasteiger partial charge in [-0.15, -0.1) is 11.3 Å². The first-order valence-corrected chi connectivity index (χ1v) is 11.5. The smallest absolute Gasteiger partial charge is 0.271 e. The largest absolute Gasteiger partial charge is 0.279 e. The number of hydrogen-bond donors (Lipinski definition) is 1. The number of thiophene rings is 1. The van der Waals surface area contributed by atoms with Crippen molar-refractivity contribution < 1.29 is 12.8 Å². The van der Waals surface area contributed by atoms with Crippen LogP contribution in [0.1, 0.15) is 17.6 Å². The first-order chi connectivity index (χ1) is 14.3. The zero-order valence-corrected chi connectivity index (χ0v) is 17.8. The second-order valence-electron chi connectivity index (χ2n) is 6.69. The van der Waals surface area contributed by atoms with Gasteiger partial charge in [-0.3, -0.25) is 14.1 Å². The van der Waals surface area contributed by atoms with Gasteiger partial charge in [0.15, 0.2) is 0 Å². The topological polar surface area (TPSA) is 81.1 Å². The molecule has 0 spiro atoms. The molecule has 0 radical (unpaired) electrons. The van der Waals surface area contributed by atoms with Gasteiger partial charge < -0.3 is 0 Å². The minimum absolute atomic E-state index is 0.213.